The molecule has 88 heavy (non-hydrogen) atoms. The molecular weight excluding hydrogens is 1160 g/mol. The molecule has 0 bridgehead atoms. The van der Waals surface area contributed by atoms with E-state index in [2.05, 4.69) is 36.9 Å². The van der Waals surface area contributed by atoms with Crippen LogP contribution in [0.2, 0.25) is 0 Å². The highest BCUT2D eigenvalue weighted by Gasteiger charge is 2.39. The van der Waals surface area contributed by atoms with Gasteiger partial charge in [0, 0.05) is 108 Å². The number of carboxylic acids is 1. The number of carbonyl (C=O) groups is 13. The van der Waals surface area contributed by atoms with Gasteiger partial charge in [-0.3, -0.25) is 77.0 Å². The summed E-state index contributed by atoms with van der Waals surface area (Å²) in [6, 6.07) is 0.770. The Labute approximate surface area is 516 Å². The molecule has 0 spiro atoms. The standard InChI is InChI=1S/C60H85N11O16S/c1-12-35(4)53(67-59(86)60(7,8)68(9)10)57(83)69(11)43(34(2)3)31-45(87-37(6)72)56-66-42(33-88-56)55(82)63-39(28-36(5)58(84)85)29-38-19-20-44(73)40(30-38)64-47(75)16-13-25-61-54(81)41(65-48(76)18-15-27-71-51(79)23-24-52(71)80)32-62-46(74)17-14-26-70-49(77)21-22-50(70)78/h19-24,30,33-36,39,41,43,45,53,73H,12-18,25-29,31-32H2,1-11H3,(H,61,81)(H,62,74)(H,63,82)(H,64,75)(H,65,76)(H,67,86)(H,84,85)/t35-,36?,39+,41-,43+,45+,53-/m0/s1. The van der Waals surface area contributed by atoms with Gasteiger partial charge in [0.15, 0.2) is 6.10 Å². The summed E-state index contributed by atoms with van der Waals surface area (Å²) in [4.78, 5) is 176. The third-order valence-electron chi connectivity index (χ3n) is 15.5. The average Bonchev–Trinajstić information content (AvgIpc) is 3.30. The molecule has 4 rings (SSSR count). The summed E-state index contributed by atoms with van der Waals surface area (Å²) in [5.74, 6) is -9.26. The number of nitrogens with zero attached hydrogens (tertiary/aromatic N) is 5. The van der Waals surface area contributed by atoms with Crippen molar-refractivity contribution in [2.45, 2.75) is 155 Å². The minimum atomic E-state index is -1.31. The number of nitrogens with one attached hydrogen (secondary N) is 6. The molecular formula is C60H85N11O16S. The van der Waals surface area contributed by atoms with Gasteiger partial charge >= 0.3 is 11.9 Å². The quantitative estimate of drug-likeness (QED) is 0.0210. The van der Waals surface area contributed by atoms with Gasteiger partial charge in [-0.05, 0) is 89.6 Å². The van der Waals surface area contributed by atoms with Crippen molar-refractivity contribution in [1.82, 2.24) is 51.2 Å². The Morgan fingerprint density at radius 3 is 1.89 bits per heavy atom. The number of carbonyl (C=O) groups excluding carboxylic acids is 12. The fraction of sp³-hybridized carbons (Fsp3) is 0.567. The molecule has 482 valence electrons. The lowest BCUT2D eigenvalue weighted by Crippen LogP contribution is -2.60. The number of phenolic OH excluding ortho intramolecular Hbond substituents is 1. The van der Waals surface area contributed by atoms with Crippen molar-refractivity contribution in [1.29, 1.82) is 0 Å². The van der Waals surface area contributed by atoms with E-state index in [1.165, 1.54) is 37.4 Å². The molecule has 3 heterocycles. The second kappa shape index (κ2) is 33.6. The predicted molar refractivity (Wildman–Crippen MR) is 322 cm³/mol. The summed E-state index contributed by atoms with van der Waals surface area (Å²) in [5, 5.41) is 38.6. The minimum absolute atomic E-state index is 0.00689. The first-order chi connectivity index (χ1) is 41.3. The Balaban J connectivity index is 1.40. The Hall–Kier alpha value is -8.40. The Morgan fingerprint density at radius 2 is 1.34 bits per heavy atom. The largest absolute Gasteiger partial charge is 0.506 e. The predicted octanol–water partition coefficient (Wildman–Crippen LogP) is 2.50. The highest BCUT2D eigenvalue weighted by Crippen LogP contribution is 2.32. The zero-order valence-electron chi connectivity index (χ0n) is 51.9. The molecule has 0 radical (unpaired) electrons. The summed E-state index contributed by atoms with van der Waals surface area (Å²) >= 11 is 1.05. The Kier molecular flexibility index (Phi) is 27.6. The van der Waals surface area contributed by atoms with Gasteiger partial charge in [0.05, 0.1) is 17.1 Å². The molecule has 0 aliphatic carbocycles. The maximum Gasteiger partial charge on any atom is 0.306 e. The zero-order chi connectivity index (χ0) is 65.7. The number of hydrogen-bond acceptors (Lipinski definition) is 18. The number of aromatic hydroxyl groups is 1. The summed E-state index contributed by atoms with van der Waals surface area (Å²) < 4.78 is 5.79. The lowest BCUT2D eigenvalue weighted by Gasteiger charge is -2.38. The van der Waals surface area contributed by atoms with Crippen molar-refractivity contribution in [2.24, 2.45) is 17.8 Å². The lowest BCUT2D eigenvalue weighted by molar-refractivity contribution is -0.149. The monoisotopic (exact) mass is 1250 g/mol. The molecule has 8 N–H and O–H groups in total. The van der Waals surface area contributed by atoms with Crippen LogP contribution in [-0.2, 0) is 68.7 Å². The number of anilines is 1. The van der Waals surface area contributed by atoms with Gasteiger partial charge in [-0.25, -0.2) is 4.98 Å². The number of rotatable bonds is 36. The van der Waals surface area contributed by atoms with Crippen LogP contribution < -0.4 is 31.9 Å². The number of ether oxygens (including phenoxy) is 1. The van der Waals surface area contributed by atoms with Gasteiger partial charge in [-0.15, -0.1) is 11.3 Å². The lowest BCUT2D eigenvalue weighted by atomic mass is 9.92. The maximum atomic E-state index is 14.3. The first kappa shape index (κ1) is 72.1. The van der Waals surface area contributed by atoms with Crippen LogP contribution in [0.25, 0.3) is 0 Å². The van der Waals surface area contributed by atoms with Gasteiger partial charge in [0.2, 0.25) is 35.4 Å². The molecule has 1 unspecified atom stereocenters. The highest BCUT2D eigenvalue weighted by molar-refractivity contribution is 7.09. The van der Waals surface area contributed by atoms with Crippen molar-refractivity contribution >= 4 is 93.9 Å². The van der Waals surface area contributed by atoms with Crippen LogP contribution in [0.4, 0.5) is 5.69 Å². The van der Waals surface area contributed by atoms with Crippen LogP contribution in [0.5, 0.6) is 5.75 Å². The van der Waals surface area contributed by atoms with Crippen LogP contribution in [-0.4, -0.2) is 189 Å². The number of imide groups is 2. The van der Waals surface area contributed by atoms with E-state index in [0.717, 1.165) is 45.4 Å². The molecule has 0 fully saturated rings. The summed E-state index contributed by atoms with van der Waals surface area (Å²) in [6.45, 7) is 13.3. The van der Waals surface area contributed by atoms with E-state index in [4.69, 9.17) is 4.74 Å². The smallest absolute Gasteiger partial charge is 0.306 e. The summed E-state index contributed by atoms with van der Waals surface area (Å²) in [5.41, 5.74) is -0.499. The number of carboxylic acid groups (broad SMARTS) is 1. The molecule has 0 saturated carbocycles. The number of esters is 1. The topological polar surface area (TPSA) is 370 Å². The number of hydrogen-bond donors (Lipinski definition) is 8. The fourth-order valence-corrected chi connectivity index (χ4v) is 10.2. The molecule has 7 atom stereocenters. The van der Waals surface area contributed by atoms with Crippen molar-refractivity contribution in [2.75, 3.05) is 52.6 Å². The van der Waals surface area contributed by atoms with E-state index in [9.17, 15) is 72.5 Å². The molecule has 1 aromatic heterocycles. The van der Waals surface area contributed by atoms with E-state index < -0.39 is 107 Å². The molecule has 2 aliphatic rings. The Morgan fingerprint density at radius 1 is 0.761 bits per heavy atom. The second-order valence-electron chi connectivity index (χ2n) is 23.1. The second-order valence-corrected chi connectivity index (χ2v) is 23.9. The minimum Gasteiger partial charge on any atom is -0.506 e. The van der Waals surface area contributed by atoms with Gasteiger partial charge in [-0.2, -0.15) is 0 Å². The van der Waals surface area contributed by atoms with Crippen LogP contribution >= 0.6 is 11.3 Å². The third kappa shape index (κ3) is 21.5. The molecule has 11 amide bonds. The number of likely N-dealkylation sites (N-methyl/N-ethyl adjacent to an activating group) is 2. The first-order valence-electron chi connectivity index (χ1n) is 29.3. The molecule has 2 aromatic rings. The van der Waals surface area contributed by atoms with Crippen molar-refractivity contribution in [3.63, 3.8) is 0 Å². The van der Waals surface area contributed by atoms with Gasteiger partial charge in [0.1, 0.15) is 28.5 Å². The van der Waals surface area contributed by atoms with Crippen LogP contribution in [0.3, 0.4) is 0 Å². The first-order valence-corrected chi connectivity index (χ1v) is 30.2. The van der Waals surface area contributed by atoms with Crippen LogP contribution in [0.15, 0.2) is 47.9 Å². The number of amides is 11. The fourth-order valence-electron chi connectivity index (χ4n) is 9.37. The van der Waals surface area contributed by atoms with Gasteiger partial charge < -0.3 is 51.8 Å². The van der Waals surface area contributed by atoms with E-state index in [1.807, 2.05) is 27.7 Å². The molecule has 1 aromatic carbocycles. The van der Waals surface area contributed by atoms with E-state index in [1.54, 1.807) is 44.8 Å². The third-order valence-corrected chi connectivity index (χ3v) is 16.4. The van der Waals surface area contributed by atoms with Crippen LogP contribution in [0.1, 0.15) is 140 Å². The van der Waals surface area contributed by atoms with E-state index in [0.29, 0.717) is 12.0 Å². The van der Waals surface area contributed by atoms with E-state index >= 15 is 0 Å². The SMILES string of the molecule is CC[C@H](C)[C@H](NC(=O)C(C)(C)N(C)C)C(=O)N(C)[C@H](C[C@@H](OC(C)=O)c1nc(C(=O)N[C@@H](Cc2ccc(O)c(NC(=O)CCCNC(=O)[C@H](CNC(=O)CCCN3C(=O)C=CC3=O)NC(=O)CCCN3C(=O)C=CC3=O)c2)CC(C)C(=O)O)cs1)C(C)C. The van der Waals surface area contributed by atoms with Crippen molar-refractivity contribution < 1.29 is 77.3 Å². The summed E-state index contributed by atoms with van der Waals surface area (Å²) in [7, 11) is 5.18. The van der Waals surface area contributed by atoms with Crippen molar-refractivity contribution in [3.05, 3.63) is 64.1 Å². The van der Waals surface area contributed by atoms with Crippen LogP contribution in [0, 0.1) is 17.8 Å². The zero-order valence-corrected chi connectivity index (χ0v) is 52.7. The normalized spacial score (nSPS) is 15.5. The maximum absolute atomic E-state index is 14.3. The number of aromatic nitrogens is 1. The molecule has 2 aliphatic heterocycles. The number of benzene rings is 1. The average molecular weight is 1250 g/mol. The summed E-state index contributed by atoms with van der Waals surface area (Å²) in [6.07, 6.45) is 3.89. The Bertz CT molecular complexity index is 2940. The van der Waals surface area contributed by atoms with Gasteiger partial charge in [-0.1, -0.05) is 47.1 Å². The van der Waals surface area contributed by atoms with Crippen molar-refractivity contribution in [3.8, 4) is 5.75 Å². The molecule has 27 nitrogen and oxygen atoms in total. The molecule has 28 heteroatoms. The van der Waals surface area contributed by atoms with Gasteiger partial charge in [0.25, 0.3) is 29.5 Å². The number of phenols is 1. The molecule has 0 saturated heterocycles. The van der Waals surface area contributed by atoms with E-state index in [-0.39, 0.29) is 130 Å². The highest BCUT2D eigenvalue weighted by atomic mass is 32.1. The number of thiazole rings is 1. The number of aliphatic carboxylic acids is 1.